The second-order valence-corrected chi connectivity index (χ2v) is 1.81. The van der Waals surface area contributed by atoms with Crippen molar-refractivity contribution in [2.24, 2.45) is 0 Å². The van der Waals surface area contributed by atoms with Gasteiger partial charge in [0.05, 0.1) is 0 Å². The summed E-state index contributed by atoms with van der Waals surface area (Å²) in [6.07, 6.45) is 0.616. The molecule has 1 saturated heterocycles. The van der Waals surface area contributed by atoms with E-state index in [1.807, 2.05) is 0 Å². The SMILES string of the molecule is O=C(F)[C@@H]1CCCO1. The lowest BCUT2D eigenvalue weighted by atomic mass is 10.2. The predicted octanol–water partition coefficient (Wildman–Crippen LogP) is 0.661. The summed E-state index contributed by atoms with van der Waals surface area (Å²) < 4.78 is 16.3. The van der Waals surface area contributed by atoms with Gasteiger partial charge in [0.25, 0.3) is 0 Å². The highest BCUT2D eigenvalue weighted by molar-refractivity contribution is 5.73. The third-order valence-electron chi connectivity index (χ3n) is 1.18. The van der Waals surface area contributed by atoms with Gasteiger partial charge in [-0.25, -0.2) is 0 Å². The Balaban J connectivity index is 2.35. The van der Waals surface area contributed by atoms with Crippen molar-refractivity contribution in [1.82, 2.24) is 0 Å². The quantitative estimate of drug-likeness (QED) is 0.473. The van der Waals surface area contributed by atoms with E-state index < -0.39 is 12.1 Å². The molecule has 8 heavy (non-hydrogen) atoms. The van der Waals surface area contributed by atoms with Crippen LogP contribution in [0.2, 0.25) is 0 Å². The number of ether oxygens (including phenoxy) is 1. The number of carbonyl (C=O) groups excluding carboxylic acids is 1. The van der Waals surface area contributed by atoms with Crippen LogP contribution in [0.5, 0.6) is 0 Å². The zero-order valence-electron chi connectivity index (χ0n) is 4.39. The molecule has 0 saturated carbocycles. The molecule has 0 bridgehead atoms. The van der Waals surface area contributed by atoms with Crippen molar-refractivity contribution >= 4 is 6.04 Å². The molecule has 0 radical (unpaired) electrons. The topological polar surface area (TPSA) is 26.3 Å². The standard InChI is InChI=1S/C5H7FO2/c6-5(7)4-2-1-3-8-4/h4H,1-3H2/t4-/m0/s1. The van der Waals surface area contributed by atoms with E-state index >= 15 is 0 Å². The van der Waals surface area contributed by atoms with E-state index in [1.165, 1.54) is 0 Å². The van der Waals surface area contributed by atoms with Gasteiger partial charge in [-0.15, -0.1) is 0 Å². The molecule has 1 rings (SSSR count). The Hall–Kier alpha value is -0.440. The van der Waals surface area contributed by atoms with Gasteiger partial charge in [0, 0.05) is 6.61 Å². The van der Waals surface area contributed by atoms with Gasteiger partial charge in [0.1, 0.15) is 6.10 Å². The maximum atomic E-state index is 11.6. The molecule has 0 aliphatic carbocycles. The third kappa shape index (κ3) is 1.04. The summed E-state index contributed by atoms with van der Waals surface area (Å²) in [4.78, 5) is 9.85. The number of rotatable bonds is 1. The maximum absolute atomic E-state index is 11.6. The second-order valence-electron chi connectivity index (χ2n) is 1.81. The van der Waals surface area contributed by atoms with Gasteiger partial charge in [-0.1, -0.05) is 0 Å². The highest BCUT2D eigenvalue weighted by Gasteiger charge is 2.22. The number of carbonyl (C=O) groups is 1. The van der Waals surface area contributed by atoms with Gasteiger partial charge in [0.2, 0.25) is 0 Å². The van der Waals surface area contributed by atoms with Crippen molar-refractivity contribution in [3.8, 4) is 0 Å². The second kappa shape index (κ2) is 2.22. The van der Waals surface area contributed by atoms with Gasteiger partial charge in [-0.05, 0) is 12.8 Å². The van der Waals surface area contributed by atoms with E-state index in [2.05, 4.69) is 4.74 Å². The monoisotopic (exact) mass is 118 g/mol. The Morgan fingerprint density at radius 3 is 2.75 bits per heavy atom. The summed E-state index contributed by atoms with van der Waals surface area (Å²) in [6.45, 7) is 0.528. The van der Waals surface area contributed by atoms with Crippen molar-refractivity contribution in [1.29, 1.82) is 0 Å². The van der Waals surface area contributed by atoms with E-state index in [0.29, 0.717) is 13.0 Å². The molecular formula is C5H7FO2. The summed E-state index contributed by atoms with van der Waals surface area (Å²) in [5.41, 5.74) is 0. The van der Waals surface area contributed by atoms with Crippen LogP contribution in [0.15, 0.2) is 0 Å². The zero-order chi connectivity index (χ0) is 5.98. The molecule has 0 spiro atoms. The Kier molecular flexibility index (Phi) is 1.58. The first-order valence-electron chi connectivity index (χ1n) is 2.61. The van der Waals surface area contributed by atoms with Crippen LogP contribution in [0.1, 0.15) is 12.8 Å². The highest BCUT2D eigenvalue weighted by atomic mass is 19.1. The summed E-state index contributed by atoms with van der Waals surface area (Å²) in [7, 11) is 0. The number of hydrogen-bond donors (Lipinski definition) is 0. The molecule has 1 aliphatic heterocycles. The smallest absolute Gasteiger partial charge is 0.329 e. The average molecular weight is 118 g/mol. The van der Waals surface area contributed by atoms with Crippen LogP contribution in [0.4, 0.5) is 4.39 Å². The van der Waals surface area contributed by atoms with Crippen molar-refractivity contribution in [2.45, 2.75) is 18.9 Å². The van der Waals surface area contributed by atoms with Crippen LogP contribution in [-0.2, 0) is 9.53 Å². The Morgan fingerprint density at radius 2 is 2.50 bits per heavy atom. The Labute approximate surface area is 46.6 Å². The predicted molar refractivity (Wildman–Crippen MR) is 25.1 cm³/mol. The molecule has 0 amide bonds. The van der Waals surface area contributed by atoms with Gasteiger partial charge in [0.15, 0.2) is 0 Å². The molecule has 0 aromatic carbocycles. The van der Waals surface area contributed by atoms with Crippen molar-refractivity contribution in [3.05, 3.63) is 0 Å². The first kappa shape index (κ1) is 5.69. The normalized spacial score (nSPS) is 28.4. The van der Waals surface area contributed by atoms with E-state index in [4.69, 9.17) is 0 Å². The van der Waals surface area contributed by atoms with Crippen LogP contribution in [-0.4, -0.2) is 18.7 Å². The molecule has 1 heterocycles. The van der Waals surface area contributed by atoms with Crippen LogP contribution < -0.4 is 0 Å². The molecule has 1 atom stereocenters. The van der Waals surface area contributed by atoms with E-state index in [1.54, 1.807) is 0 Å². The Morgan fingerprint density at radius 1 is 1.75 bits per heavy atom. The average Bonchev–Trinajstić information content (AvgIpc) is 2.12. The molecule has 1 fully saturated rings. The van der Waals surface area contributed by atoms with Crippen LogP contribution in [0.25, 0.3) is 0 Å². The van der Waals surface area contributed by atoms with Crippen LogP contribution in [0, 0.1) is 0 Å². The highest BCUT2D eigenvalue weighted by Crippen LogP contribution is 2.12. The molecule has 1 aliphatic rings. The van der Waals surface area contributed by atoms with Crippen LogP contribution >= 0.6 is 0 Å². The zero-order valence-corrected chi connectivity index (χ0v) is 4.39. The van der Waals surface area contributed by atoms with E-state index in [9.17, 15) is 9.18 Å². The summed E-state index contributed by atoms with van der Waals surface area (Å²) in [6, 6.07) is -1.33. The van der Waals surface area contributed by atoms with Crippen LogP contribution in [0.3, 0.4) is 0 Å². The molecule has 46 valence electrons. The molecule has 0 N–H and O–H groups in total. The van der Waals surface area contributed by atoms with Gasteiger partial charge in [-0.2, -0.15) is 4.39 Å². The van der Waals surface area contributed by atoms with E-state index in [-0.39, 0.29) is 0 Å². The molecular weight excluding hydrogens is 111 g/mol. The van der Waals surface area contributed by atoms with Crippen molar-refractivity contribution in [2.75, 3.05) is 6.61 Å². The number of halogens is 1. The minimum Gasteiger partial charge on any atom is -0.367 e. The largest absolute Gasteiger partial charge is 0.367 e. The first-order chi connectivity index (χ1) is 3.80. The Bertz CT molecular complexity index is 96.6. The van der Waals surface area contributed by atoms with Crippen molar-refractivity contribution < 1.29 is 13.9 Å². The number of hydrogen-bond acceptors (Lipinski definition) is 2. The first-order valence-corrected chi connectivity index (χ1v) is 2.61. The molecule has 3 heteroatoms. The van der Waals surface area contributed by atoms with E-state index in [0.717, 1.165) is 6.42 Å². The fourth-order valence-electron chi connectivity index (χ4n) is 0.757. The minimum absolute atomic E-state index is 0.528. The molecule has 2 nitrogen and oxygen atoms in total. The molecule has 0 aromatic rings. The minimum atomic E-state index is -1.33. The summed E-state index contributed by atoms with van der Waals surface area (Å²) in [5, 5.41) is 0. The van der Waals surface area contributed by atoms with Gasteiger partial charge >= 0.3 is 6.04 Å². The molecule has 0 unspecified atom stereocenters. The third-order valence-corrected chi connectivity index (χ3v) is 1.18. The maximum Gasteiger partial charge on any atom is 0.329 e. The lowest BCUT2D eigenvalue weighted by Crippen LogP contribution is -2.13. The summed E-state index contributed by atoms with van der Waals surface area (Å²) >= 11 is 0. The van der Waals surface area contributed by atoms with Gasteiger partial charge < -0.3 is 4.74 Å². The fourth-order valence-corrected chi connectivity index (χ4v) is 0.757. The lowest BCUT2D eigenvalue weighted by molar-refractivity contribution is -0.138. The van der Waals surface area contributed by atoms with Crippen molar-refractivity contribution in [3.63, 3.8) is 0 Å². The lowest BCUT2D eigenvalue weighted by Gasteiger charge is -1.97. The summed E-state index contributed by atoms with van der Waals surface area (Å²) in [5.74, 6) is 0. The fraction of sp³-hybridized carbons (Fsp3) is 0.800. The van der Waals surface area contributed by atoms with Gasteiger partial charge in [-0.3, -0.25) is 4.79 Å². The molecule has 0 aromatic heterocycles.